The number of pyridine rings is 1. The second kappa shape index (κ2) is 9.90. The number of amides is 2. The predicted octanol–water partition coefficient (Wildman–Crippen LogP) is 3.31. The lowest BCUT2D eigenvalue weighted by molar-refractivity contribution is -0.274. The molecule has 0 atom stereocenters. The molecule has 2 amide bonds. The third-order valence-corrected chi connectivity index (χ3v) is 5.57. The minimum Gasteiger partial charge on any atom is -0.406 e. The molecule has 3 heterocycles. The molecule has 1 saturated heterocycles. The number of nitrogens with one attached hydrogen (secondary N) is 1. The summed E-state index contributed by atoms with van der Waals surface area (Å²) in [5.41, 5.74) is 1.59. The highest BCUT2D eigenvalue weighted by molar-refractivity contribution is 5.97. The van der Waals surface area contributed by atoms with E-state index in [0.717, 1.165) is 23.2 Å². The van der Waals surface area contributed by atoms with E-state index in [-0.39, 0.29) is 30.2 Å². The number of carbonyl (C=O) groups excluding carboxylic acids is 2. The molecule has 2 aromatic heterocycles. The van der Waals surface area contributed by atoms with Gasteiger partial charge in [-0.2, -0.15) is 5.10 Å². The highest BCUT2D eigenvalue weighted by Gasteiger charge is 2.31. The van der Waals surface area contributed by atoms with Gasteiger partial charge in [0.1, 0.15) is 5.75 Å². The topological polar surface area (TPSA) is 92.6 Å². The molecule has 0 radical (unpaired) electrons. The van der Waals surface area contributed by atoms with Crippen molar-refractivity contribution < 1.29 is 27.5 Å². The second-order valence-corrected chi connectivity index (χ2v) is 8.51. The summed E-state index contributed by atoms with van der Waals surface area (Å²) in [5.74, 6) is -0.785. The van der Waals surface area contributed by atoms with Crippen LogP contribution in [0.15, 0.2) is 42.7 Å². The van der Waals surface area contributed by atoms with Gasteiger partial charge in [0, 0.05) is 49.5 Å². The van der Waals surface area contributed by atoms with Crippen molar-refractivity contribution in [1.29, 1.82) is 0 Å². The molecule has 0 bridgehead atoms. The van der Waals surface area contributed by atoms with Crippen LogP contribution in [-0.4, -0.2) is 75.5 Å². The van der Waals surface area contributed by atoms with Crippen molar-refractivity contribution in [3.8, 4) is 5.75 Å². The molecule has 0 aliphatic carbocycles. The molecule has 35 heavy (non-hydrogen) atoms. The maximum Gasteiger partial charge on any atom is 0.573 e. The normalized spacial score (nSPS) is 15.0. The molecule has 186 valence electrons. The molecule has 1 N–H and O–H groups in total. The summed E-state index contributed by atoms with van der Waals surface area (Å²) >= 11 is 0. The van der Waals surface area contributed by atoms with Crippen LogP contribution < -0.4 is 10.1 Å². The number of benzene rings is 1. The molecule has 12 heteroatoms. The number of alkyl halides is 3. The van der Waals surface area contributed by atoms with Gasteiger partial charge < -0.3 is 15.0 Å². The number of carbonyl (C=O) groups is 2. The Morgan fingerprint density at radius 3 is 2.40 bits per heavy atom. The number of anilines is 1. The summed E-state index contributed by atoms with van der Waals surface area (Å²) in [6, 6.07) is 6.90. The molecular formula is C23H25F3N6O3. The number of hydrogen-bond donors (Lipinski definition) is 1. The van der Waals surface area contributed by atoms with E-state index in [1.807, 2.05) is 18.7 Å². The highest BCUT2D eigenvalue weighted by Crippen LogP contribution is 2.24. The van der Waals surface area contributed by atoms with Gasteiger partial charge in [-0.05, 0) is 44.2 Å². The Bertz CT molecular complexity index is 1200. The smallest absolute Gasteiger partial charge is 0.406 e. The van der Waals surface area contributed by atoms with Gasteiger partial charge in [0.15, 0.2) is 5.65 Å². The van der Waals surface area contributed by atoms with Crippen molar-refractivity contribution in [2.24, 2.45) is 0 Å². The molecule has 3 aromatic rings. The molecule has 0 spiro atoms. The number of hydrogen-bond acceptors (Lipinski definition) is 6. The van der Waals surface area contributed by atoms with E-state index < -0.39 is 6.36 Å². The largest absolute Gasteiger partial charge is 0.573 e. The maximum absolute atomic E-state index is 12.9. The zero-order valence-electron chi connectivity index (χ0n) is 19.2. The number of piperazine rings is 1. The molecule has 0 unspecified atom stereocenters. The van der Waals surface area contributed by atoms with Crippen LogP contribution in [0.5, 0.6) is 5.75 Å². The average Bonchev–Trinajstić information content (AvgIpc) is 3.23. The Morgan fingerprint density at radius 1 is 1.09 bits per heavy atom. The monoisotopic (exact) mass is 490 g/mol. The number of halogens is 3. The summed E-state index contributed by atoms with van der Waals surface area (Å²) in [6.45, 7) is 6.06. The Morgan fingerprint density at radius 2 is 1.77 bits per heavy atom. The Labute approximate surface area is 199 Å². The van der Waals surface area contributed by atoms with Gasteiger partial charge in [-0.3, -0.25) is 14.5 Å². The number of rotatable bonds is 6. The van der Waals surface area contributed by atoms with E-state index in [4.69, 9.17) is 0 Å². The number of aromatic nitrogens is 3. The van der Waals surface area contributed by atoms with Crippen molar-refractivity contribution in [3.05, 3.63) is 48.3 Å². The second-order valence-electron chi connectivity index (χ2n) is 8.51. The van der Waals surface area contributed by atoms with Crippen LogP contribution in [0.4, 0.5) is 18.9 Å². The zero-order chi connectivity index (χ0) is 25.2. The molecule has 1 aromatic carbocycles. The Kier molecular flexibility index (Phi) is 6.92. The predicted molar refractivity (Wildman–Crippen MR) is 122 cm³/mol. The minimum atomic E-state index is -4.77. The highest BCUT2D eigenvalue weighted by atomic mass is 19.4. The zero-order valence-corrected chi connectivity index (χ0v) is 19.2. The molecule has 4 rings (SSSR count). The number of nitrogens with zero attached hydrogens (tertiary/aromatic N) is 5. The van der Waals surface area contributed by atoms with Gasteiger partial charge in [-0.1, -0.05) is 0 Å². The Hall–Kier alpha value is -3.67. The van der Waals surface area contributed by atoms with E-state index in [0.29, 0.717) is 37.4 Å². The molecule has 0 saturated carbocycles. The van der Waals surface area contributed by atoms with E-state index in [9.17, 15) is 22.8 Å². The van der Waals surface area contributed by atoms with Crippen LogP contribution >= 0.6 is 0 Å². The quantitative estimate of drug-likeness (QED) is 0.570. The molecule has 1 aliphatic heterocycles. The fourth-order valence-electron chi connectivity index (χ4n) is 3.87. The van der Waals surface area contributed by atoms with Crippen LogP contribution in [0, 0.1) is 0 Å². The third kappa shape index (κ3) is 6.07. The summed E-state index contributed by atoms with van der Waals surface area (Å²) in [6.07, 6.45) is -1.50. The number of ether oxygens (including phenoxy) is 1. The van der Waals surface area contributed by atoms with E-state index >= 15 is 0 Å². The van der Waals surface area contributed by atoms with E-state index in [2.05, 4.69) is 20.1 Å². The van der Waals surface area contributed by atoms with E-state index in [1.54, 1.807) is 28.0 Å². The van der Waals surface area contributed by atoms with Gasteiger partial charge in [0.25, 0.3) is 5.91 Å². The summed E-state index contributed by atoms with van der Waals surface area (Å²) < 4.78 is 42.4. The first-order valence-electron chi connectivity index (χ1n) is 11.1. The van der Waals surface area contributed by atoms with Gasteiger partial charge in [0.05, 0.1) is 18.3 Å². The van der Waals surface area contributed by atoms with Gasteiger partial charge >= 0.3 is 6.36 Å². The van der Waals surface area contributed by atoms with Crippen molar-refractivity contribution in [2.75, 3.05) is 38.0 Å². The van der Waals surface area contributed by atoms with E-state index in [1.165, 1.54) is 12.1 Å². The van der Waals surface area contributed by atoms with Gasteiger partial charge in [0.2, 0.25) is 5.91 Å². The molecule has 1 fully saturated rings. The summed E-state index contributed by atoms with van der Waals surface area (Å²) in [4.78, 5) is 33.4. The molecule has 9 nitrogen and oxygen atoms in total. The van der Waals surface area contributed by atoms with Crippen LogP contribution in [0.1, 0.15) is 30.2 Å². The number of fused-ring (bicyclic) bond motifs is 1. The van der Waals surface area contributed by atoms with Crippen LogP contribution in [-0.2, 0) is 4.79 Å². The van der Waals surface area contributed by atoms with Crippen molar-refractivity contribution in [2.45, 2.75) is 26.3 Å². The standard InChI is InChI=1S/C23H25F3N6O3/c1-15(2)32-21-16(13-28-32)11-17(12-27-21)22(34)31-9-7-30(8-10-31)14-20(33)29-18-3-5-19(6-4-18)35-23(24,25)26/h3-6,11-13,15H,7-10,14H2,1-2H3,(H,29,33). The van der Waals surface area contributed by atoms with Crippen molar-refractivity contribution in [1.82, 2.24) is 24.6 Å². The van der Waals surface area contributed by atoms with Crippen LogP contribution in [0.25, 0.3) is 11.0 Å². The molecular weight excluding hydrogens is 465 g/mol. The van der Waals surface area contributed by atoms with Gasteiger partial charge in [-0.25, -0.2) is 9.67 Å². The van der Waals surface area contributed by atoms with Crippen LogP contribution in [0.2, 0.25) is 0 Å². The van der Waals surface area contributed by atoms with Crippen molar-refractivity contribution >= 4 is 28.5 Å². The fraction of sp³-hybridized carbons (Fsp3) is 0.391. The fourth-order valence-corrected chi connectivity index (χ4v) is 3.87. The minimum absolute atomic E-state index is 0.102. The van der Waals surface area contributed by atoms with Gasteiger partial charge in [-0.15, -0.1) is 13.2 Å². The lowest BCUT2D eigenvalue weighted by atomic mass is 10.2. The maximum atomic E-state index is 12.9. The SMILES string of the molecule is CC(C)n1ncc2cc(C(=O)N3CCN(CC(=O)Nc4ccc(OC(F)(F)F)cc4)CC3)cnc21. The average molecular weight is 490 g/mol. The Balaban J connectivity index is 1.27. The van der Waals surface area contributed by atoms with Crippen LogP contribution in [0.3, 0.4) is 0 Å². The lowest BCUT2D eigenvalue weighted by Crippen LogP contribution is -2.50. The third-order valence-electron chi connectivity index (χ3n) is 5.57. The summed E-state index contributed by atoms with van der Waals surface area (Å²) in [7, 11) is 0. The first kappa shape index (κ1) is 24.5. The lowest BCUT2D eigenvalue weighted by Gasteiger charge is -2.34. The van der Waals surface area contributed by atoms with Crippen molar-refractivity contribution in [3.63, 3.8) is 0 Å². The summed E-state index contributed by atoms with van der Waals surface area (Å²) in [5, 5.41) is 7.78. The first-order valence-corrected chi connectivity index (χ1v) is 11.1. The first-order chi connectivity index (χ1) is 16.6. The molecule has 1 aliphatic rings.